The average Bonchev–Trinajstić information content (AvgIpc) is 2.06. The smallest absolute Gasteiger partial charge is 0.341 e. The molecule has 1 rings (SSSR count). The molecule has 7 heteroatoms. The van der Waals surface area contributed by atoms with Gasteiger partial charge in [-0.15, -0.1) is 0 Å². The number of rotatable bonds is 0. The Morgan fingerprint density at radius 2 is 1.77 bits per heavy atom. The lowest BCUT2D eigenvalue weighted by atomic mass is 10.5. The third-order valence-corrected chi connectivity index (χ3v) is 1.09. The molecule has 0 bridgehead atoms. The molecule has 1 fully saturated rings. The third-order valence-electron chi connectivity index (χ3n) is 1.09. The summed E-state index contributed by atoms with van der Waals surface area (Å²) in [7, 11) is 0. The first-order valence-electron chi connectivity index (χ1n) is 3.80. The number of carbonyl (C=O) groups is 1. The van der Waals surface area contributed by atoms with Gasteiger partial charge in [-0.2, -0.15) is 4.99 Å². The molecule has 0 aromatic heterocycles. The first-order valence-corrected chi connectivity index (χ1v) is 3.80. The van der Waals surface area contributed by atoms with Gasteiger partial charge in [0.1, 0.15) is 0 Å². The molecule has 2 amide bonds. The van der Waals surface area contributed by atoms with Gasteiger partial charge in [-0.1, -0.05) is 0 Å². The number of nitrogens with one attached hydrogen (secondary N) is 1. The largest absolute Gasteiger partial charge is 0.379 e. The summed E-state index contributed by atoms with van der Waals surface area (Å²) in [4.78, 5) is 12.6. The maximum absolute atomic E-state index is 9.68. The molecular weight excluding hydrogens is 174 g/mol. The van der Waals surface area contributed by atoms with Gasteiger partial charge in [0.15, 0.2) is 5.96 Å². The summed E-state index contributed by atoms with van der Waals surface area (Å²) in [5, 5.41) is 3.16. The van der Waals surface area contributed by atoms with Crippen LogP contribution in [0.15, 0.2) is 4.99 Å². The lowest BCUT2D eigenvalue weighted by Gasteiger charge is -2.10. The van der Waals surface area contributed by atoms with Crippen LogP contribution in [0.2, 0.25) is 0 Å². The number of hydrogen-bond donors (Lipinski definition) is 4. The van der Waals surface area contributed by atoms with Crippen LogP contribution in [0.25, 0.3) is 0 Å². The van der Waals surface area contributed by atoms with Crippen molar-refractivity contribution < 1.29 is 9.53 Å². The molecule has 0 aromatic rings. The zero-order chi connectivity index (χ0) is 10.1. The zero-order valence-electron chi connectivity index (χ0n) is 7.32. The van der Waals surface area contributed by atoms with Crippen molar-refractivity contribution in [2.45, 2.75) is 0 Å². The molecule has 0 atom stereocenters. The van der Waals surface area contributed by atoms with Gasteiger partial charge in [0, 0.05) is 13.1 Å². The molecule has 1 aliphatic heterocycles. The van der Waals surface area contributed by atoms with Gasteiger partial charge in [0.25, 0.3) is 0 Å². The Morgan fingerprint density at radius 3 is 1.85 bits per heavy atom. The average molecular weight is 189 g/mol. The van der Waals surface area contributed by atoms with Crippen LogP contribution in [-0.2, 0) is 4.74 Å². The van der Waals surface area contributed by atoms with Crippen LogP contribution in [0.3, 0.4) is 0 Å². The van der Waals surface area contributed by atoms with Crippen LogP contribution < -0.4 is 22.5 Å². The van der Waals surface area contributed by atoms with Crippen LogP contribution in [0.5, 0.6) is 0 Å². The Morgan fingerprint density at radius 1 is 1.23 bits per heavy atom. The normalized spacial score (nSPS) is 15.1. The summed E-state index contributed by atoms with van der Waals surface area (Å²) in [6, 6.07) is -0.875. The summed E-state index contributed by atoms with van der Waals surface area (Å²) in [6.45, 7) is 3.83. The van der Waals surface area contributed by atoms with Gasteiger partial charge >= 0.3 is 6.03 Å². The van der Waals surface area contributed by atoms with E-state index in [1.165, 1.54) is 0 Å². The summed E-state index contributed by atoms with van der Waals surface area (Å²) in [5.74, 6) is -0.312. The summed E-state index contributed by atoms with van der Waals surface area (Å²) >= 11 is 0. The molecule has 0 unspecified atom stereocenters. The number of amides is 2. The first-order chi connectivity index (χ1) is 6.13. The van der Waals surface area contributed by atoms with E-state index >= 15 is 0 Å². The Balaban J connectivity index is 0.000000223. The molecule has 1 saturated heterocycles. The standard InChI is InChI=1S/C4H9NO.C2H6N4O/c1-3-6-4-2-5-1;3-1(4)6-2(5)7/h5H,1-4H2;(H6,3,4,5,6,7). The van der Waals surface area contributed by atoms with E-state index in [2.05, 4.69) is 16.0 Å². The number of hydrogen-bond acceptors (Lipinski definition) is 3. The third kappa shape index (κ3) is 10.7. The van der Waals surface area contributed by atoms with Gasteiger partial charge in [-0.05, 0) is 0 Å². The highest BCUT2D eigenvalue weighted by molar-refractivity contribution is 5.89. The van der Waals surface area contributed by atoms with Gasteiger partial charge in [0.2, 0.25) is 0 Å². The quantitative estimate of drug-likeness (QED) is 0.257. The van der Waals surface area contributed by atoms with Gasteiger partial charge < -0.3 is 27.3 Å². The number of carbonyl (C=O) groups excluding carboxylic acids is 1. The van der Waals surface area contributed by atoms with E-state index in [9.17, 15) is 4.79 Å². The van der Waals surface area contributed by atoms with E-state index in [4.69, 9.17) is 16.2 Å². The highest BCUT2D eigenvalue weighted by Gasteiger charge is 1.92. The minimum atomic E-state index is -0.875. The molecule has 0 aromatic carbocycles. The maximum Gasteiger partial charge on any atom is 0.341 e. The second-order valence-electron chi connectivity index (χ2n) is 2.24. The van der Waals surface area contributed by atoms with Crippen molar-refractivity contribution in [1.82, 2.24) is 5.32 Å². The van der Waals surface area contributed by atoms with E-state index in [1.807, 2.05) is 0 Å². The van der Waals surface area contributed by atoms with Crippen molar-refractivity contribution >= 4 is 12.0 Å². The lowest BCUT2D eigenvalue weighted by molar-refractivity contribution is 0.109. The van der Waals surface area contributed by atoms with Crippen molar-refractivity contribution in [2.75, 3.05) is 26.3 Å². The number of nitrogens with zero attached hydrogens (tertiary/aromatic N) is 1. The fraction of sp³-hybridized carbons (Fsp3) is 0.667. The number of aliphatic imine (C=N–C) groups is 1. The second kappa shape index (κ2) is 7.32. The monoisotopic (exact) mass is 189 g/mol. The fourth-order valence-corrected chi connectivity index (χ4v) is 0.643. The van der Waals surface area contributed by atoms with Crippen LogP contribution in [0.1, 0.15) is 0 Å². The summed E-state index contributed by atoms with van der Waals surface area (Å²) in [5.41, 5.74) is 13.9. The molecule has 1 aliphatic rings. The van der Waals surface area contributed by atoms with E-state index in [1.54, 1.807) is 0 Å². The highest BCUT2D eigenvalue weighted by Crippen LogP contribution is 1.76. The van der Waals surface area contributed by atoms with Gasteiger partial charge in [-0.3, -0.25) is 0 Å². The molecule has 13 heavy (non-hydrogen) atoms. The summed E-state index contributed by atoms with van der Waals surface area (Å²) in [6.07, 6.45) is 0. The van der Waals surface area contributed by atoms with Crippen molar-refractivity contribution in [3.05, 3.63) is 0 Å². The van der Waals surface area contributed by atoms with Crippen molar-refractivity contribution in [3.8, 4) is 0 Å². The van der Waals surface area contributed by atoms with E-state index in [0.717, 1.165) is 26.3 Å². The topological polar surface area (TPSA) is 129 Å². The first kappa shape index (κ1) is 11.7. The highest BCUT2D eigenvalue weighted by atomic mass is 16.5. The minimum absolute atomic E-state index is 0.312. The molecule has 0 aliphatic carbocycles. The molecule has 0 spiro atoms. The number of guanidine groups is 1. The predicted molar refractivity (Wildman–Crippen MR) is 49.1 cm³/mol. The Hall–Kier alpha value is -1.34. The Bertz CT molecular complexity index is 162. The summed E-state index contributed by atoms with van der Waals surface area (Å²) < 4.78 is 5.01. The van der Waals surface area contributed by atoms with E-state index in [0.29, 0.717) is 0 Å². The number of ether oxygens (including phenoxy) is 1. The van der Waals surface area contributed by atoms with Crippen molar-refractivity contribution in [3.63, 3.8) is 0 Å². The molecule has 0 radical (unpaired) electrons. The molecule has 0 saturated carbocycles. The molecule has 1 heterocycles. The number of urea groups is 1. The van der Waals surface area contributed by atoms with Crippen molar-refractivity contribution in [2.24, 2.45) is 22.2 Å². The molecule has 76 valence electrons. The fourth-order valence-electron chi connectivity index (χ4n) is 0.643. The zero-order valence-corrected chi connectivity index (χ0v) is 7.32. The lowest BCUT2D eigenvalue weighted by Crippen LogP contribution is -2.30. The molecule has 7 N–H and O–H groups in total. The van der Waals surface area contributed by atoms with Crippen molar-refractivity contribution in [1.29, 1.82) is 0 Å². The van der Waals surface area contributed by atoms with Crippen LogP contribution in [0.4, 0.5) is 4.79 Å². The Labute approximate surface area is 76.3 Å². The molecular formula is C6H15N5O2. The van der Waals surface area contributed by atoms with Crippen LogP contribution >= 0.6 is 0 Å². The molecule has 7 nitrogen and oxygen atoms in total. The van der Waals surface area contributed by atoms with Crippen LogP contribution in [0, 0.1) is 0 Å². The number of primary amides is 1. The van der Waals surface area contributed by atoms with E-state index in [-0.39, 0.29) is 5.96 Å². The number of nitrogens with two attached hydrogens (primary N) is 3. The van der Waals surface area contributed by atoms with E-state index < -0.39 is 6.03 Å². The predicted octanol–water partition coefficient (Wildman–Crippen LogP) is -2.06. The Kier molecular flexibility index (Phi) is 6.56. The number of morpholine rings is 1. The minimum Gasteiger partial charge on any atom is -0.379 e. The van der Waals surface area contributed by atoms with Crippen LogP contribution in [-0.4, -0.2) is 38.3 Å². The van der Waals surface area contributed by atoms with Gasteiger partial charge in [0.05, 0.1) is 13.2 Å². The maximum atomic E-state index is 9.68. The van der Waals surface area contributed by atoms with Gasteiger partial charge in [-0.25, -0.2) is 4.79 Å². The SMILES string of the molecule is C1COCCN1.NC(=O)N=C(N)N. The second-order valence-corrected chi connectivity index (χ2v) is 2.24.